The van der Waals surface area contributed by atoms with Crippen molar-refractivity contribution in [3.63, 3.8) is 0 Å². The first-order chi connectivity index (χ1) is 14.0. The van der Waals surface area contributed by atoms with E-state index in [1.807, 2.05) is 26.0 Å². The lowest BCUT2D eigenvalue weighted by molar-refractivity contribution is -0.125. The number of anilines is 1. The van der Waals surface area contributed by atoms with Crippen LogP contribution >= 0.6 is 0 Å². The molecular weight excluding hydrogens is 372 g/mol. The number of rotatable bonds is 5. The number of nitrogens with one attached hydrogen (secondary N) is 1. The van der Waals surface area contributed by atoms with E-state index in [4.69, 9.17) is 9.05 Å². The zero-order chi connectivity index (χ0) is 20.4. The Morgan fingerprint density at radius 3 is 2.76 bits per heavy atom. The highest BCUT2D eigenvalue weighted by atomic mass is 16.5. The van der Waals surface area contributed by atoms with Gasteiger partial charge in [-0.2, -0.15) is 4.98 Å². The molecule has 1 atom stereocenters. The Hall–Kier alpha value is -3.23. The average Bonchev–Trinajstić information content (AvgIpc) is 3.31. The predicted octanol–water partition coefficient (Wildman–Crippen LogP) is 2.58. The normalized spacial score (nSPS) is 16.8. The van der Waals surface area contributed by atoms with Gasteiger partial charge in [0.15, 0.2) is 5.82 Å². The second-order valence-corrected chi connectivity index (χ2v) is 7.36. The highest BCUT2D eigenvalue weighted by Crippen LogP contribution is 2.24. The van der Waals surface area contributed by atoms with E-state index < -0.39 is 0 Å². The summed E-state index contributed by atoms with van der Waals surface area (Å²) in [5, 5.41) is 10.8. The topological polar surface area (TPSA) is 110 Å². The quantitative estimate of drug-likeness (QED) is 0.701. The van der Waals surface area contributed by atoms with Crippen LogP contribution in [0.1, 0.15) is 35.7 Å². The Labute approximate surface area is 168 Å². The number of carbonyl (C=O) groups is 1. The van der Waals surface area contributed by atoms with Crippen molar-refractivity contribution in [2.24, 2.45) is 5.92 Å². The van der Waals surface area contributed by atoms with Crippen LogP contribution in [0.2, 0.25) is 0 Å². The maximum Gasteiger partial charge on any atom is 0.259 e. The maximum absolute atomic E-state index is 12.7. The van der Waals surface area contributed by atoms with Crippen molar-refractivity contribution < 1.29 is 13.8 Å². The van der Waals surface area contributed by atoms with E-state index in [0.29, 0.717) is 24.8 Å². The molecule has 0 saturated carbocycles. The van der Waals surface area contributed by atoms with Gasteiger partial charge in [-0.15, -0.1) is 0 Å². The number of pyridine rings is 1. The van der Waals surface area contributed by atoms with E-state index in [1.54, 1.807) is 13.1 Å². The molecule has 3 aromatic rings. The first-order valence-corrected chi connectivity index (χ1v) is 9.72. The number of amides is 1. The van der Waals surface area contributed by atoms with Gasteiger partial charge in [-0.1, -0.05) is 10.3 Å². The van der Waals surface area contributed by atoms with Crippen molar-refractivity contribution >= 4 is 11.7 Å². The predicted molar refractivity (Wildman–Crippen MR) is 105 cm³/mol. The SMILES string of the molecule is Cc1noc(-c2ccc(N3CCC[C@H](C(=O)NCc4c(C)noc4C)C3)nc2)n1. The van der Waals surface area contributed by atoms with Crippen molar-refractivity contribution in [3.8, 4) is 11.5 Å². The summed E-state index contributed by atoms with van der Waals surface area (Å²) >= 11 is 0. The molecule has 0 radical (unpaired) electrons. The van der Waals surface area contributed by atoms with E-state index in [2.05, 4.69) is 30.5 Å². The Balaban J connectivity index is 1.38. The molecule has 1 amide bonds. The van der Waals surface area contributed by atoms with Gasteiger partial charge in [0.05, 0.1) is 17.2 Å². The Kier molecular flexibility index (Phi) is 5.28. The molecule has 1 aliphatic heterocycles. The van der Waals surface area contributed by atoms with Gasteiger partial charge < -0.3 is 19.3 Å². The minimum Gasteiger partial charge on any atom is -0.361 e. The molecule has 1 fully saturated rings. The average molecular weight is 396 g/mol. The number of hydrogen-bond acceptors (Lipinski definition) is 8. The molecular formula is C20H24N6O3. The first-order valence-electron chi connectivity index (χ1n) is 9.72. The highest BCUT2D eigenvalue weighted by Gasteiger charge is 2.27. The Morgan fingerprint density at radius 1 is 1.24 bits per heavy atom. The molecule has 4 rings (SSSR count). The zero-order valence-corrected chi connectivity index (χ0v) is 16.8. The van der Waals surface area contributed by atoms with Crippen LogP contribution in [0.4, 0.5) is 5.82 Å². The third kappa shape index (κ3) is 4.13. The summed E-state index contributed by atoms with van der Waals surface area (Å²) in [6.45, 7) is 7.46. The molecule has 9 nitrogen and oxygen atoms in total. The standard InChI is InChI=1S/C20H24N6O3/c1-12-17(13(2)28-24-12)10-22-19(27)16-5-4-8-26(11-16)18-7-6-15(9-21-18)20-23-14(3)25-29-20/h6-7,9,16H,4-5,8,10-11H2,1-3H3,(H,22,27)/t16-/m0/s1. The van der Waals surface area contributed by atoms with E-state index in [9.17, 15) is 4.79 Å². The van der Waals surface area contributed by atoms with Crippen LogP contribution in [0.3, 0.4) is 0 Å². The van der Waals surface area contributed by atoms with Gasteiger partial charge in [0.2, 0.25) is 5.91 Å². The number of aromatic nitrogens is 4. The molecule has 1 aliphatic rings. The van der Waals surface area contributed by atoms with E-state index >= 15 is 0 Å². The fourth-order valence-electron chi connectivity index (χ4n) is 3.59. The van der Waals surface area contributed by atoms with Crippen LogP contribution < -0.4 is 10.2 Å². The summed E-state index contributed by atoms with van der Waals surface area (Å²) in [7, 11) is 0. The van der Waals surface area contributed by atoms with Crippen molar-refractivity contribution in [1.82, 2.24) is 25.6 Å². The molecule has 0 aliphatic carbocycles. The molecule has 0 aromatic carbocycles. The van der Waals surface area contributed by atoms with Gasteiger partial charge in [-0.05, 0) is 45.7 Å². The van der Waals surface area contributed by atoms with Crippen LogP contribution in [0.15, 0.2) is 27.4 Å². The highest BCUT2D eigenvalue weighted by molar-refractivity contribution is 5.79. The maximum atomic E-state index is 12.7. The molecule has 1 N–H and O–H groups in total. The molecule has 0 spiro atoms. The van der Waals surface area contributed by atoms with Crippen molar-refractivity contribution in [3.05, 3.63) is 41.2 Å². The number of aryl methyl sites for hydroxylation is 3. The number of carbonyl (C=O) groups excluding carboxylic acids is 1. The summed E-state index contributed by atoms with van der Waals surface area (Å²) in [5.41, 5.74) is 2.54. The van der Waals surface area contributed by atoms with E-state index in [-0.39, 0.29) is 11.8 Å². The van der Waals surface area contributed by atoms with E-state index in [0.717, 1.165) is 47.8 Å². The van der Waals surface area contributed by atoms with Gasteiger partial charge in [0.25, 0.3) is 5.89 Å². The van der Waals surface area contributed by atoms with Crippen molar-refractivity contribution in [2.75, 3.05) is 18.0 Å². The zero-order valence-electron chi connectivity index (χ0n) is 16.8. The molecule has 9 heteroatoms. The summed E-state index contributed by atoms with van der Waals surface area (Å²) in [5.74, 6) is 2.60. The van der Waals surface area contributed by atoms with Gasteiger partial charge in [0.1, 0.15) is 11.6 Å². The van der Waals surface area contributed by atoms with Gasteiger partial charge in [-0.25, -0.2) is 4.98 Å². The van der Waals surface area contributed by atoms with Crippen molar-refractivity contribution in [1.29, 1.82) is 0 Å². The fourth-order valence-corrected chi connectivity index (χ4v) is 3.59. The lowest BCUT2D eigenvalue weighted by Gasteiger charge is -2.32. The minimum atomic E-state index is -0.0794. The monoisotopic (exact) mass is 396 g/mol. The minimum absolute atomic E-state index is 0.0488. The lowest BCUT2D eigenvalue weighted by atomic mass is 9.97. The Bertz CT molecular complexity index is 975. The molecule has 0 unspecified atom stereocenters. The van der Waals surface area contributed by atoms with Gasteiger partial charge in [-0.3, -0.25) is 4.79 Å². The summed E-state index contributed by atoms with van der Waals surface area (Å²) < 4.78 is 10.3. The summed E-state index contributed by atoms with van der Waals surface area (Å²) in [6, 6.07) is 3.84. The third-order valence-electron chi connectivity index (χ3n) is 5.26. The molecule has 152 valence electrons. The summed E-state index contributed by atoms with van der Waals surface area (Å²) in [6.07, 6.45) is 3.53. The third-order valence-corrected chi connectivity index (χ3v) is 5.26. The second kappa shape index (κ2) is 8.02. The number of hydrogen-bond donors (Lipinski definition) is 1. The van der Waals surface area contributed by atoms with Crippen LogP contribution in [-0.4, -0.2) is 39.3 Å². The second-order valence-electron chi connectivity index (χ2n) is 7.36. The van der Waals surface area contributed by atoms with E-state index in [1.165, 1.54) is 0 Å². The van der Waals surface area contributed by atoms with Crippen LogP contribution in [0.5, 0.6) is 0 Å². The van der Waals surface area contributed by atoms with Gasteiger partial charge >= 0.3 is 0 Å². The van der Waals surface area contributed by atoms with Crippen LogP contribution in [-0.2, 0) is 11.3 Å². The molecule has 0 bridgehead atoms. The molecule has 4 heterocycles. The lowest BCUT2D eigenvalue weighted by Crippen LogP contribution is -2.43. The summed E-state index contributed by atoms with van der Waals surface area (Å²) in [4.78, 5) is 23.6. The largest absolute Gasteiger partial charge is 0.361 e. The molecule has 3 aromatic heterocycles. The first kappa shape index (κ1) is 19.1. The van der Waals surface area contributed by atoms with Crippen LogP contribution in [0, 0.1) is 26.7 Å². The fraction of sp³-hybridized carbons (Fsp3) is 0.450. The number of piperidine rings is 1. The smallest absolute Gasteiger partial charge is 0.259 e. The number of nitrogens with zero attached hydrogens (tertiary/aromatic N) is 5. The van der Waals surface area contributed by atoms with Gasteiger partial charge in [0, 0.05) is 31.4 Å². The molecule has 29 heavy (non-hydrogen) atoms. The van der Waals surface area contributed by atoms with Crippen molar-refractivity contribution in [2.45, 2.75) is 40.2 Å². The Morgan fingerprint density at radius 2 is 2.10 bits per heavy atom. The van der Waals surface area contributed by atoms with Crippen LogP contribution in [0.25, 0.3) is 11.5 Å². The molecule has 1 saturated heterocycles.